The third kappa shape index (κ3) is 4.61. The Labute approximate surface area is 185 Å². The highest BCUT2D eigenvalue weighted by Gasteiger charge is 2.62. The average molecular weight is 451 g/mol. The van der Waals surface area contributed by atoms with Crippen molar-refractivity contribution in [3.8, 4) is 0 Å². The Balaban J connectivity index is 0.000000730. The largest absolute Gasteiger partial charge is 0.483 e. The molecule has 2 amide bonds. The lowest BCUT2D eigenvalue weighted by molar-refractivity contribution is -0.123. The van der Waals surface area contributed by atoms with Crippen LogP contribution in [0.5, 0.6) is 0 Å². The van der Waals surface area contributed by atoms with Gasteiger partial charge in [-0.1, -0.05) is 0 Å². The number of hydrogen-bond acceptors (Lipinski definition) is 7. The van der Waals surface area contributed by atoms with Crippen molar-refractivity contribution in [1.82, 2.24) is 20.5 Å². The van der Waals surface area contributed by atoms with E-state index < -0.39 is 0 Å². The van der Waals surface area contributed by atoms with E-state index in [1.165, 1.54) is 11.3 Å². The number of aromatic nitrogens is 1. The Morgan fingerprint density at radius 3 is 2.74 bits per heavy atom. The van der Waals surface area contributed by atoms with Gasteiger partial charge in [0.25, 0.3) is 12.4 Å². The second-order valence-electron chi connectivity index (χ2n) is 9.00. The molecule has 3 N–H and O–H groups in total. The van der Waals surface area contributed by atoms with Gasteiger partial charge in [0.2, 0.25) is 5.91 Å². The predicted molar refractivity (Wildman–Crippen MR) is 114 cm³/mol. The normalized spacial score (nSPS) is 31.0. The number of amides is 2. The second-order valence-corrected chi connectivity index (χ2v) is 10.2. The minimum Gasteiger partial charge on any atom is -0.483 e. The summed E-state index contributed by atoms with van der Waals surface area (Å²) in [6.07, 6.45) is 4.59. The molecule has 4 aliphatic rings. The van der Waals surface area contributed by atoms with Crippen molar-refractivity contribution >= 4 is 29.6 Å². The zero-order chi connectivity index (χ0) is 22.2. The highest BCUT2D eigenvalue weighted by atomic mass is 32.1. The van der Waals surface area contributed by atoms with E-state index >= 15 is 0 Å². The number of nitrogens with zero attached hydrogens (tertiary/aromatic N) is 2. The minimum absolute atomic E-state index is 0.0291. The van der Waals surface area contributed by atoms with Crippen LogP contribution < -0.4 is 10.6 Å². The van der Waals surface area contributed by atoms with Crippen LogP contribution in [-0.4, -0.2) is 77.2 Å². The highest BCUT2D eigenvalue weighted by molar-refractivity contribution is 7.13. The fourth-order valence-corrected chi connectivity index (χ4v) is 6.25. The van der Waals surface area contributed by atoms with Crippen molar-refractivity contribution in [2.24, 2.45) is 11.8 Å². The van der Waals surface area contributed by atoms with E-state index in [1.807, 2.05) is 13.8 Å². The van der Waals surface area contributed by atoms with Crippen LogP contribution in [0.4, 0.5) is 0 Å². The number of carboxylic acid groups (broad SMARTS) is 1. The van der Waals surface area contributed by atoms with Crippen molar-refractivity contribution in [3.63, 3.8) is 0 Å². The van der Waals surface area contributed by atoms with Gasteiger partial charge in [0.1, 0.15) is 4.88 Å². The van der Waals surface area contributed by atoms with Crippen molar-refractivity contribution in [3.05, 3.63) is 15.6 Å². The molecule has 9 nitrogen and oxygen atoms in total. The lowest BCUT2D eigenvalue weighted by atomic mass is 9.73. The van der Waals surface area contributed by atoms with Gasteiger partial charge in [-0.05, 0) is 39.5 Å². The summed E-state index contributed by atoms with van der Waals surface area (Å²) >= 11 is 1.45. The second kappa shape index (κ2) is 8.84. The molecule has 0 unspecified atom stereocenters. The van der Waals surface area contributed by atoms with Crippen LogP contribution in [0.15, 0.2) is 0 Å². The summed E-state index contributed by atoms with van der Waals surface area (Å²) in [5.74, 6) is 0.820. The van der Waals surface area contributed by atoms with Gasteiger partial charge in [-0.25, -0.2) is 4.98 Å². The Morgan fingerprint density at radius 2 is 2.10 bits per heavy atom. The number of aryl methyl sites for hydroxylation is 2. The Morgan fingerprint density at radius 1 is 1.35 bits per heavy atom. The maximum absolute atomic E-state index is 12.6. The quantitative estimate of drug-likeness (QED) is 0.552. The Hall–Kier alpha value is -2.04. The van der Waals surface area contributed by atoms with Gasteiger partial charge >= 0.3 is 0 Å². The lowest BCUT2D eigenvalue weighted by Gasteiger charge is -2.29. The van der Waals surface area contributed by atoms with E-state index in [-0.39, 0.29) is 30.0 Å². The highest BCUT2D eigenvalue weighted by Crippen LogP contribution is 2.54. The van der Waals surface area contributed by atoms with E-state index in [4.69, 9.17) is 14.6 Å². The number of carbonyl (C=O) groups excluding carboxylic acids is 2. The number of rotatable bonds is 6. The molecule has 5 rings (SSSR count). The molecule has 31 heavy (non-hydrogen) atoms. The van der Waals surface area contributed by atoms with E-state index in [0.717, 1.165) is 49.5 Å². The first-order valence-electron chi connectivity index (χ1n) is 10.8. The van der Waals surface area contributed by atoms with Gasteiger partial charge in [-0.15, -0.1) is 11.3 Å². The van der Waals surface area contributed by atoms with Crippen LogP contribution in [0.1, 0.15) is 46.1 Å². The average Bonchev–Trinajstić information content (AvgIpc) is 3.04. The van der Waals surface area contributed by atoms with Crippen LogP contribution >= 0.6 is 11.3 Å². The molecule has 10 heteroatoms. The molecule has 1 aromatic rings. The summed E-state index contributed by atoms with van der Waals surface area (Å²) in [4.78, 5) is 40.5. The molecule has 4 atom stereocenters. The van der Waals surface area contributed by atoms with E-state index in [2.05, 4.69) is 20.5 Å². The summed E-state index contributed by atoms with van der Waals surface area (Å²) in [6, 6.07) is 0.404. The maximum Gasteiger partial charge on any atom is 0.290 e. The predicted octanol–water partition coefficient (Wildman–Crippen LogP) is 0.949. The molecule has 1 aliphatic carbocycles. The lowest BCUT2D eigenvalue weighted by Crippen LogP contribution is -2.41. The van der Waals surface area contributed by atoms with Crippen LogP contribution in [-0.2, 0) is 14.3 Å². The number of likely N-dealkylation sites (tertiary alicyclic amines) is 1. The minimum atomic E-state index is -0.250. The molecular formula is C21H30N4O5S. The molecule has 1 spiro atoms. The standard InChI is InChI=1S/C20H28N4O3S.CH2O2/c1-11-18(28-12(2)22-11)19(26)21-7-14-15-8-24(9-17(25)23-13-3-4-13)10-20(15)6-5-16(14)27-20;2-1-3/h13-16H,3-10H2,1-2H3,(H,21,26)(H,23,25);1H,(H,2,3)/t14-,15+,16+,20+;/m0./s1. The van der Waals surface area contributed by atoms with Gasteiger partial charge in [0, 0.05) is 37.5 Å². The van der Waals surface area contributed by atoms with Gasteiger partial charge < -0.3 is 20.5 Å². The molecule has 1 saturated carbocycles. The van der Waals surface area contributed by atoms with Crippen molar-refractivity contribution in [2.45, 2.75) is 57.3 Å². The summed E-state index contributed by atoms with van der Waals surface area (Å²) in [5, 5.41) is 14.0. The molecule has 3 saturated heterocycles. The Bertz CT molecular complexity index is 857. The summed E-state index contributed by atoms with van der Waals surface area (Å²) in [7, 11) is 0. The fourth-order valence-electron chi connectivity index (χ4n) is 5.42. The molecule has 2 bridgehead atoms. The summed E-state index contributed by atoms with van der Waals surface area (Å²) < 4.78 is 6.43. The van der Waals surface area contributed by atoms with Crippen LogP contribution in [0, 0.1) is 25.7 Å². The number of thiazole rings is 1. The number of nitrogens with one attached hydrogen (secondary N) is 2. The molecular weight excluding hydrogens is 420 g/mol. The van der Waals surface area contributed by atoms with Crippen molar-refractivity contribution < 1.29 is 24.2 Å². The monoisotopic (exact) mass is 450 g/mol. The number of ether oxygens (including phenoxy) is 1. The first-order valence-corrected chi connectivity index (χ1v) is 11.7. The van der Waals surface area contributed by atoms with E-state index in [9.17, 15) is 9.59 Å². The summed E-state index contributed by atoms with van der Waals surface area (Å²) in [6.45, 7) is 6.37. The van der Waals surface area contributed by atoms with Gasteiger partial charge in [-0.2, -0.15) is 0 Å². The third-order valence-corrected chi connectivity index (χ3v) is 7.84. The van der Waals surface area contributed by atoms with Crippen molar-refractivity contribution in [2.75, 3.05) is 26.2 Å². The molecule has 4 fully saturated rings. The molecule has 0 aromatic carbocycles. The van der Waals surface area contributed by atoms with Crippen LogP contribution in [0.3, 0.4) is 0 Å². The van der Waals surface area contributed by atoms with E-state index in [0.29, 0.717) is 35.8 Å². The SMILES string of the molecule is Cc1nc(C)c(C(=O)NC[C@H]2[C@H]3CN(CC(=O)NC4CC4)C[C@]34CC[C@H]2O4)s1.O=CO. The number of carbonyl (C=O) groups is 3. The van der Waals surface area contributed by atoms with Crippen LogP contribution in [0.2, 0.25) is 0 Å². The first-order chi connectivity index (χ1) is 14.8. The Kier molecular flexibility index (Phi) is 6.32. The molecule has 4 heterocycles. The molecule has 3 aliphatic heterocycles. The molecule has 170 valence electrons. The number of fused-ring (bicyclic) bond motifs is 1. The number of hydrogen-bond donors (Lipinski definition) is 3. The third-order valence-electron chi connectivity index (χ3n) is 6.77. The smallest absolute Gasteiger partial charge is 0.290 e. The van der Waals surface area contributed by atoms with Gasteiger partial charge in [0.05, 0.1) is 29.0 Å². The molecule has 0 radical (unpaired) electrons. The fraction of sp³-hybridized carbons (Fsp3) is 0.714. The van der Waals surface area contributed by atoms with Gasteiger partial charge in [0.15, 0.2) is 0 Å². The maximum atomic E-state index is 12.6. The zero-order valence-electron chi connectivity index (χ0n) is 17.9. The topological polar surface area (TPSA) is 121 Å². The summed E-state index contributed by atoms with van der Waals surface area (Å²) in [5.41, 5.74) is 0.686. The molecule has 1 aromatic heterocycles. The zero-order valence-corrected chi connectivity index (χ0v) is 18.7. The van der Waals surface area contributed by atoms with Gasteiger partial charge in [-0.3, -0.25) is 19.3 Å². The van der Waals surface area contributed by atoms with E-state index in [1.54, 1.807) is 0 Å². The van der Waals surface area contributed by atoms with Crippen LogP contribution in [0.25, 0.3) is 0 Å². The van der Waals surface area contributed by atoms with Crippen molar-refractivity contribution in [1.29, 1.82) is 0 Å². The first kappa shape index (κ1) is 22.2.